The van der Waals surface area contributed by atoms with Crippen LogP contribution < -0.4 is 15.4 Å². The maximum absolute atomic E-state index is 12.6. The lowest BCUT2D eigenvalue weighted by molar-refractivity contribution is -0.274. The van der Waals surface area contributed by atoms with Crippen LogP contribution in [0.3, 0.4) is 0 Å². The van der Waals surface area contributed by atoms with Gasteiger partial charge in [-0.2, -0.15) is 4.98 Å². The molecule has 2 N–H and O–H groups in total. The van der Waals surface area contributed by atoms with Crippen molar-refractivity contribution in [2.45, 2.75) is 6.36 Å². The van der Waals surface area contributed by atoms with Crippen LogP contribution in [0.4, 0.5) is 30.6 Å². The van der Waals surface area contributed by atoms with Gasteiger partial charge in [-0.1, -0.05) is 23.7 Å². The lowest BCUT2D eigenvalue weighted by atomic mass is 10.1. The molecule has 0 unspecified atom stereocenters. The number of benzene rings is 2. The van der Waals surface area contributed by atoms with Crippen LogP contribution in [0.5, 0.6) is 5.75 Å². The second-order valence-electron chi connectivity index (χ2n) is 7.02. The zero-order valence-corrected chi connectivity index (χ0v) is 20.1. The molecule has 0 aliphatic rings. The Hall–Kier alpha value is -2.31. The lowest BCUT2D eigenvalue weighted by Gasteiger charge is -2.14. The summed E-state index contributed by atoms with van der Waals surface area (Å²) in [5.41, 5.74) is 1.51. The van der Waals surface area contributed by atoms with Crippen molar-refractivity contribution < 1.29 is 17.9 Å². The van der Waals surface area contributed by atoms with Crippen molar-refractivity contribution in [1.29, 1.82) is 0 Å². The number of nitrogens with one attached hydrogen (secondary N) is 2. The van der Waals surface area contributed by atoms with Crippen molar-refractivity contribution in [2.24, 2.45) is 0 Å². The summed E-state index contributed by atoms with van der Waals surface area (Å²) in [5.74, 6) is 0.439. The number of hydrogen-bond acceptors (Lipinski definition) is 6. The first kappa shape index (κ1) is 24.3. The van der Waals surface area contributed by atoms with Crippen molar-refractivity contribution in [3.8, 4) is 17.0 Å². The van der Waals surface area contributed by atoms with Gasteiger partial charge >= 0.3 is 6.36 Å². The van der Waals surface area contributed by atoms with Gasteiger partial charge in [0, 0.05) is 28.3 Å². The molecule has 0 atom stereocenters. The van der Waals surface area contributed by atoms with Crippen molar-refractivity contribution in [3.05, 3.63) is 57.1 Å². The van der Waals surface area contributed by atoms with E-state index >= 15 is 0 Å². The molecule has 1 aromatic heterocycles. The van der Waals surface area contributed by atoms with Crippen LogP contribution in [0.25, 0.3) is 11.3 Å². The van der Waals surface area contributed by atoms with Crippen LogP contribution in [-0.2, 0) is 0 Å². The molecule has 32 heavy (non-hydrogen) atoms. The molecule has 11 heteroatoms. The monoisotopic (exact) mass is 577 g/mol. The molecule has 0 fully saturated rings. The summed E-state index contributed by atoms with van der Waals surface area (Å²) >= 11 is 8.48. The zero-order valence-electron chi connectivity index (χ0n) is 17.2. The van der Waals surface area contributed by atoms with Gasteiger partial charge in [0.05, 0.1) is 16.4 Å². The van der Waals surface area contributed by atoms with E-state index in [9.17, 15) is 13.2 Å². The molecular weight excluding hydrogens is 558 g/mol. The van der Waals surface area contributed by atoms with Gasteiger partial charge in [-0.3, -0.25) is 0 Å². The zero-order chi connectivity index (χ0) is 23.3. The van der Waals surface area contributed by atoms with E-state index in [4.69, 9.17) is 11.6 Å². The van der Waals surface area contributed by atoms with E-state index in [1.165, 1.54) is 18.2 Å². The van der Waals surface area contributed by atoms with Crippen molar-refractivity contribution in [1.82, 2.24) is 14.9 Å². The summed E-state index contributed by atoms with van der Waals surface area (Å²) in [6, 6.07) is 12.8. The number of nitrogens with zero attached hydrogens (tertiary/aromatic N) is 3. The molecule has 6 nitrogen and oxygen atoms in total. The smallest absolute Gasteiger partial charge is 0.406 e. The predicted octanol–water partition coefficient (Wildman–Crippen LogP) is 6.02. The number of ether oxygens (including phenoxy) is 1. The number of halogens is 5. The summed E-state index contributed by atoms with van der Waals surface area (Å²) < 4.78 is 42.9. The average molecular weight is 578 g/mol. The number of anilines is 3. The highest BCUT2D eigenvalue weighted by molar-refractivity contribution is 14.1. The van der Waals surface area contributed by atoms with Gasteiger partial charge in [0.2, 0.25) is 5.95 Å². The lowest BCUT2D eigenvalue weighted by Crippen LogP contribution is -2.21. The van der Waals surface area contributed by atoms with Crippen LogP contribution in [-0.4, -0.2) is 48.4 Å². The molecule has 0 aliphatic carbocycles. The molecule has 0 saturated carbocycles. The van der Waals surface area contributed by atoms with Crippen molar-refractivity contribution in [2.75, 3.05) is 37.8 Å². The second kappa shape index (κ2) is 10.5. The standard InChI is InChI=1S/C21H20ClF3IN5O/c1-31(2)9-8-27-20-29-18(13-4-3-5-15(10-13)32-21(23,24)25)12-19(30-20)28-17-7-6-14(26)11-16(17)22/h3-7,10-12H,8-9H2,1-2H3,(H2,27,28,29,30). The first-order chi connectivity index (χ1) is 15.1. The Bertz CT molecular complexity index is 1080. The molecule has 0 bridgehead atoms. The molecule has 0 spiro atoms. The third-order valence-electron chi connectivity index (χ3n) is 4.13. The number of alkyl halides is 3. The Kier molecular flexibility index (Phi) is 8.01. The highest BCUT2D eigenvalue weighted by atomic mass is 127. The summed E-state index contributed by atoms with van der Waals surface area (Å²) in [6.45, 7) is 1.33. The molecule has 3 rings (SSSR count). The Balaban J connectivity index is 1.95. The van der Waals surface area contributed by atoms with Gasteiger partial charge in [0.1, 0.15) is 11.6 Å². The average Bonchev–Trinajstić information content (AvgIpc) is 2.69. The molecule has 0 aliphatic heterocycles. The highest BCUT2D eigenvalue weighted by Gasteiger charge is 2.31. The van der Waals surface area contributed by atoms with Crippen molar-refractivity contribution >= 4 is 51.6 Å². The molecule has 2 aromatic carbocycles. The number of hydrogen-bond donors (Lipinski definition) is 2. The van der Waals surface area contributed by atoms with Gasteiger partial charge in [0.25, 0.3) is 0 Å². The fourth-order valence-corrected chi connectivity index (χ4v) is 3.61. The third kappa shape index (κ3) is 7.38. The summed E-state index contributed by atoms with van der Waals surface area (Å²) in [6.07, 6.45) is -4.78. The van der Waals surface area contributed by atoms with Crippen LogP contribution in [0.2, 0.25) is 5.02 Å². The molecule has 1 heterocycles. The number of aromatic nitrogens is 2. The SMILES string of the molecule is CN(C)CCNc1nc(Nc2ccc(I)cc2Cl)cc(-c2cccc(OC(F)(F)F)c2)n1. The van der Waals surface area contributed by atoms with Crippen LogP contribution >= 0.6 is 34.2 Å². The van der Waals surface area contributed by atoms with E-state index in [1.807, 2.05) is 31.1 Å². The minimum Gasteiger partial charge on any atom is -0.406 e. The fraction of sp³-hybridized carbons (Fsp3) is 0.238. The Morgan fingerprint density at radius 2 is 1.88 bits per heavy atom. The van der Waals surface area contributed by atoms with Gasteiger partial charge in [0.15, 0.2) is 0 Å². The summed E-state index contributed by atoms with van der Waals surface area (Å²) in [5, 5.41) is 6.81. The predicted molar refractivity (Wildman–Crippen MR) is 129 cm³/mol. The largest absolute Gasteiger partial charge is 0.573 e. The molecule has 3 aromatic rings. The van der Waals surface area contributed by atoms with Gasteiger partial charge in [-0.25, -0.2) is 4.98 Å². The minimum atomic E-state index is -4.78. The Labute approximate surface area is 202 Å². The minimum absolute atomic E-state index is 0.328. The molecule has 170 valence electrons. The van der Waals surface area contributed by atoms with E-state index in [2.05, 4.69) is 47.9 Å². The highest BCUT2D eigenvalue weighted by Crippen LogP contribution is 2.31. The van der Waals surface area contributed by atoms with E-state index in [0.717, 1.165) is 10.1 Å². The summed E-state index contributed by atoms with van der Waals surface area (Å²) in [4.78, 5) is 10.9. The topological polar surface area (TPSA) is 62.3 Å². The maximum atomic E-state index is 12.6. The van der Waals surface area contributed by atoms with E-state index in [1.54, 1.807) is 18.2 Å². The van der Waals surface area contributed by atoms with Gasteiger partial charge in [-0.05, 0) is 67.0 Å². The normalized spacial score (nSPS) is 11.5. The van der Waals surface area contributed by atoms with E-state index in [0.29, 0.717) is 40.3 Å². The van der Waals surface area contributed by atoms with Crippen LogP contribution in [0.1, 0.15) is 0 Å². The molecule has 0 amide bonds. The maximum Gasteiger partial charge on any atom is 0.573 e. The molecule has 0 radical (unpaired) electrons. The van der Waals surface area contributed by atoms with Gasteiger partial charge < -0.3 is 20.3 Å². The molecular formula is C21H20ClF3IN5O. The van der Waals surface area contributed by atoms with Crippen LogP contribution in [0.15, 0.2) is 48.5 Å². The second-order valence-corrected chi connectivity index (χ2v) is 8.67. The quantitative estimate of drug-likeness (QED) is 0.320. The Morgan fingerprint density at radius 3 is 2.56 bits per heavy atom. The van der Waals surface area contributed by atoms with Gasteiger partial charge in [-0.15, -0.1) is 13.2 Å². The van der Waals surface area contributed by atoms with E-state index < -0.39 is 6.36 Å². The number of rotatable bonds is 8. The Morgan fingerprint density at radius 1 is 1.09 bits per heavy atom. The van der Waals surface area contributed by atoms with E-state index in [-0.39, 0.29) is 5.75 Å². The fourth-order valence-electron chi connectivity index (χ4n) is 2.71. The third-order valence-corrected chi connectivity index (χ3v) is 5.11. The van der Waals surface area contributed by atoms with Crippen molar-refractivity contribution in [3.63, 3.8) is 0 Å². The molecule has 0 saturated heterocycles. The number of likely N-dealkylation sites (N-methyl/N-ethyl adjacent to an activating group) is 1. The first-order valence-corrected chi connectivity index (χ1v) is 10.9. The summed E-state index contributed by atoms with van der Waals surface area (Å²) in [7, 11) is 3.88. The first-order valence-electron chi connectivity index (χ1n) is 9.45. The van der Waals surface area contributed by atoms with Crippen LogP contribution in [0, 0.1) is 3.57 Å².